The van der Waals surface area contributed by atoms with Crippen LogP contribution in [-0.2, 0) is 9.59 Å². The van der Waals surface area contributed by atoms with Gasteiger partial charge in [-0.25, -0.2) is 4.39 Å². The van der Waals surface area contributed by atoms with Crippen LogP contribution >= 0.6 is 11.8 Å². The van der Waals surface area contributed by atoms with E-state index in [1.165, 1.54) is 17.8 Å². The molecule has 6 heteroatoms. The molecule has 0 aliphatic rings. The monoisotopic (exact) mass is 299 g/mol. The highest BCUT2D eigenvalue weighted by Gasteiger charge is 2.04. The first-order valence-corrected chi connectivity index (χ1v) is 7.44. The fraction of sp³-hybridized carbons (Fsp3) is 0.429. The van der Waals surface area contributed by atoms with Crippen molar-refractivity contribution < 1.29 is 19.1 Å². The van der Waals surface area contributed by atoms with Crippen LogP contribution in [0.25, 0.3) is 0 Å². The number of carbonyl (C=O) groups excluding carboxylic acids is 1. The first-order chi connectivity index (χ1) is 9.59. The van der Waals surface area contributed by atoms with Gasteiger partial charge in [-0.15, -0.1) is 11.8 Å². The molecule has 0 saturated heterocycles. The van der Waals surface area contributed by atoms with Crippen molar-refractivity contribution in [2.45, 2.75) is 30.6 Å². The van der Waals surface area contributed by atoms with E-state index in [-0.39, 0.29) is 18.1 Å². The van der Waals surface area contributed by atoms with Crippen molar-refractivity contribution in [2.75, 3.05) is 12.3 Å². The lowest BCUT2D eigenvalue weighted by Gasteiger charge is -2.05. The Balaban J connectivity index is 2.09. The van der Waals surface area contributed by atoms with Crippen molar-refractivity contribution in [3.05, 3.63) is 30.1 Å². The standard InChI is InChI=1S/C14H18FNO3S/c15-11-5-1-2-6-12(11)20-10-8-13(17)16-9-4-3-7-14(18)19/h1-2,5-6H,3-4,7-10H2,(H,16,17)(H,18,19). The maximum absolute atomic E-state index is 13.3. The molecule has 0 fully saturated rings. The van der Waals surface area contributed by atoms with Crippen LogP contribution in [0.15, 0.2) is 29.2 Å². The third kappa shape index (κ3) is 7.13. The molecule has 0 spiro atoms. The number of thioether (sulfide) groups is 1. The van der Waals surface area contributed by atoms with E-state index in [9.17, 15) is 14.0 Å². The van der Waals surface area contributed by atoms with Crippen LogP contribution < -0.4 is 5.32 Å². The Morgan fingerprint density at radius 1 is 1.20 bits per heavy atom. The number of aliphatic carboxylic acids is 1. The van der Waals surface area contributed by atoms with Gasteiger partial charge in [0.25, 0.3) is 0 Å². The van der Waals surface area contributed by atoms with E-state index >= 15 is 0 Å². The van der Waals surface area contributed by atoms with Gasteiger partial charge < -0.3 is 10.4 Å². The van der Waals surface area contributed by atoms with E-state index in [0.29, 0.717) is 36.5 Å². The van der Waals surface area contributed by atoms with Crippen molar-refractivity contribution >= 4 is 23.6 Å². The second-order valence-electron chi connectivity index (χ2n) is 4.23. The van der Waals surface area contributed by atoms with Crippen LogP contribution in [0, 0.1) is 5.82 Å². The molecule has 20 heavy (non-hydrogen) atoms. The molecule has 0 unspecified atom stereocenters. The largest absolute Gasteiger partial charge is 0.481 e. The van der Waals surface area contributed by atoms with Gasteiger partial charge in [0.1, 0.15) is 5.82 Å². The highest BCUT2D eigenvalue weighted by Crippen LogP contribution is 2.21. The van der Waals surface area contributed by atoms with E-state index in [0.717, 1.165) is 0 Å². The predicted octanol–water partition coefficient (Wildman–Crippen LogP) is 2.68. The van der Waals surface area contributed by atoms with Crippen molar-refractivity contribution in [2.24, 2.45) is 0 Å². The minimum absolute atomic E-state index is 0.0934. The molecule has 0 atom stereocenters. The average molecular weight is 299 g/mol. The van der Waals surface area contributed by atoms with Gasteiger partial charge in [0.15, 0.2) is 0 Å². The van der Waals surface area contributed by atoms with Crippen molar-refractivity contribution in [1.82, 2.24) is 5.32 Å². The molecule has 1 rings (SSSR count). The molecule has 0 radical (unpaired) electrons. The van der Waals surface area contributed by atoms with Gasteiger partial charge >= 0.3 is 5.97 Å². The highest BCUT2D eigenvalue weighted by atomic mass is 32.2. The molecule has 0 aromatic heterocycles. The molecular weight excluding hydrogens is 281 g/mol. The fourth-order valence-corrected chi connectivity index (χ4v) is 2.42. The minimum atomic E-state index is -0.822. The average Bonchev–Trinajstić information content (AvgIpc) is 2.40. The molecule has 110 valence electrons. The molecule has 1 aromatic rings. The van der Waals surface area contributed by atoms with Crippen LogP contribution in [0.3, 0.4) is 0 Å². The summed E-state index contributed by atoms with van der Waals surface area (Å²) < 4.78 is 13.3. The number of carboxylic acid groups (broad SMARTS) is 1. The number of carbonyl (C=O) groups is 2. The summed E-state index contributed by atoms with van der Waals surface area (Å²) in [4.78, 5) is 22.3. The highest BCUT2D eigenvalue weighted by molar-refractivity contribution is 7.99. The lowest BCUT2D eigenvalue weighted by Crippen LogP contribution is -2.24. The Bertz CT molecular complexity index is 454. The third-order valence-corrected chi connectivity index (χ3v) is 3.61. The summed E-state index contributed by atoms with van der Waals surface area (Å²) in [6.07, 6.45) is 1.65. The Hall–Kier alpha value is -1.56. The van der Waals surface area contributed by atoms with Crippen molar-refractivity contribution in [3.63, 3.8) is 0 Å². The fourth-order valence-electron chi connectivity index (χ4n) is 1.53. The normalized spacial score (nSPS) is 10.2. The minimum Gasteiger partial charge on any atom is -0.481 e. The number of unbranched alkanes of at least 4 members (excludes halogenated alkanes) is 1. The summed E-state index contributed by atoms with van der Waals surface area (Å²) >= 11 is 1.31. The van der Waals surface area contributed by atoms with Crippen LogP contribution in [0.2, 0.25) is 0 Å². The van der Waals surface area contributed by atoms with Crippen LogP contribution in [-0.4, -0.2) is 29.3 Å². The Morgan fingerprint density at radius 3 is 2.65 bits per heavy atom. The lowest BCUT2D eigenvalue weighted by atomic mass is 10.2. The summed E-state index contributed by atoms with van der Waals surface area (Å²) in [5, 5.41) is 11.2. The van der Waals surface area contributed by atoms with Gasteiger partial charge in [0.05, 0.1) is 0 Å². The quantitative estimate of drug-likeness (QED) is 0.543. The molecule has 0 bridgehead atoms. The maximum atomic E-state index is 13.3. The van der Waals surface area contributed by atoms with Gasteiger partial charge in [-0.1, -0.05) is 12.1 Å². The van der Waals surface area contributed by atoms with Gasteiger partial charge in [-0.05, 0) is 25.0 Å². The third-order valence-electron chi connectivity index (χ3n) is 2.56. The summed E-state index contributed by atoms with van der Waals surface area (Å²) in [5.74, 6) is -0.671. The number of hydrogen-bond acceptors (Lipinski definition) is 3. The predicted molar refractivity (Wildman–Crippen MR) is 76.2 cm³/mol. The molecule has 0 aliphatic heterocycles. The van der Waals surface area contributed by atoms with E-state index in [1.807, 2.05) is 0 Å². The number of nitrogens with one attached hydrogen (secondary N) is 1. The Kier molecular flexibility index (Phi) is 7.72. The van der Waals surface area contributed by atoms with E-state index < -0.39 is 5.97 Å². The zero-order valence-corrected chi connectivity index (χ0v) is 11.9. The summed E-state index contributed by atoms with van der Waals surface area (Å²) in [7, 11) is 0. The van der Waals surface area contributed by atoms with Crippen molar-refractivity contribution in [3.8, 4) is 0 Å². The SMILES string of the molecule is O=C(O)CCCCNC(=O)CCSc1ccccc1F. The first-order valence-electron chi connectivity index (χ1n) is 6.45. The summed E-state index contributed by atoms with van der Waals surface area (Å²) in [5.41, 5.74) is 0. The first kappa shape index (κ1) is 16.5. The molecule has 0 saturated carbocycles. The summed E-state index contributed by atoms with van der Waals surface area (Å²) in [6.45, 7) is 0.483. The number of hydrogen-bond donors (Lipinski definition) is 2. The molecule has 1 amide bonds. The zero-order valence-electron chi connectivity index (χ0n) is 11.1. The number of amides is 1. The molecule has 4 nitrogen and oxygen atoms in total. The number of benzene rings is 1. The van der Waals surface area contributed by atoms with Gasteiger partial charge in [0, 0.05) is 30.0 Å². The van der Waals surface area contributed by atoms with Crippen molar-refractivity contribution in [1.29, 1.82) is 0 Å². The van der Waals surface area contributed by atoms with Gasteiger partial charge in [-0.3, -0.25) is 9.59 Å². The van der Waals surface area contributed by atoms with Gasteiger partial charge in [0.2, 0.25) is 5.91 Å². The smallest absolute Gasteiger partial charge is 0.303 e. The maximum Gasteiger partial charge on any atom is 0.303 e. The van der Waals surface area contributed by atoms with E-state index in [4.69, 9.17) is 5.11 Å². The van der Waals surface area contributed by atoms with E-state index in [2.05, 4.69) is 5.32 Å². The molecule has 1 aromatic carbocycles. The Morgan fingerprint density at radius 2 is 1.95 bits per heavy atom. The van der Waals surface area contributed by atoms with Crippen LogP contribution in [0.4, 0.5) is 4.39 Å². The van der Waals surface area contributed by atoms with Crippen LogP contribution in [0.5, 0.6) is 0 Å². The second kappa shape index (κ2) is 9.36. The topological polar surface area (TPSA) is 66.4 Å². The second-order valence-corrected chi connectivity index (χ2v) is 5.37. The van der Waals surface area contributed by atoms with Gasteiger partial charge in [-0.2, -0.15) is 0 Å². The number of halogens is 1. The zero-order chi connectivity index (χ0) is 14.8. The molecular formula is C14H18FNO3S. The lowest BCUT2D eigenvalue weighted by molar-refractivity contribution is -0.137. The number of rotatable bonds is 9. The van der Waals surface area contributed by atoms with Crippen LogP contribution in [0.1, 0.15) is 25.7 Å². The number of carboxylic acids is 1. The molecule has 2 N–H and O–H groups in total. The molecule has 0 aliphatic carbocycles. The Labute approximate surface area is 121 Å². The molecule has 0 heterocycles. The van der Waals surface area contributed by atoms with E-state index in [1.54, 1.807) is 18.2 Å². The summed E-state index contributed by atoms with van der Waals surface area (Å²) in [6, 6.07) is 6.46.